The third-order valence-electron chi connectivity index (χ3n) is 4.66. The number of hydrogen-bond donors (Lipinski definition) is 5. The van der Waals surface area contributed by atoms with Gasteiger partial charge in [0.2, 0.25) is 0 Å². The Morgan fingerprint density at radius 1 is 0.815 bits per heavy atom. The van der Waals surface area contributed by atoms with Gasteiger partial charge in [0.1, 0.15) is 18.0 Å². The largest absolute Gasteiger partial charge is 0.477 e. The highest BCUT2D eigenvalue weighted by Crippen LogP contribution is 2.35. The van der Waals surface area contributed by atoms with E-state index in [0.29, 0.717) is 12.2 Å². The molecule has 1 fully saturated rings. The minimum atomic E-state index is -1.38. The van der Waals surface area contributed by atoms with Gasteiger partial charge in [0.05, 0.1) is 24.6 Å². The average molecular weight is 392 g/mol. The summed E-state index contributed by atoms with van der Waals surface area (Å²) in [4.78, 5) is 0. The van der Waals surface area contributed by atoms with Crippen LogP contribution in [0.25, 0.3) is 0 Å². The molecule has 1 saturated heterocycles. The standard InChI is InChI=1S/C20H24O6S/c21-10-13-7-5-12(6-8-13)9-14-3-1-2-4-15(14)26-20-19(25)18(24)17(23)16(11-22)27-20/h1-8,16-25H,9-11H2/t16-,17-,18+,19-,20-/m1/s1. The molecule has 5 N–H and O–H groups in total. The molecule has 1 aliphatic rings. The van der Waals surface area contributed by atoms with E-state index >= 15 is 0 Å². The molecule has 0 aromatic heterocycles. The van der Waals surface area contributed by atoms with Crippen LogP contribution in [0.5, 0.6) is 5.75 Å². The van der Waals surface area contributed by atoms with Crippen LogP contribution in [0.15, 0.2) is 48.5 Å². The van der Waals surface area contributed by atoms with Gasteiger partial charge in [0, 0.05) is 6.42 Å². The zero-order chi connectivity index (χ0) is 19.4. The van der Waals surface area contributed by atoms with Crippen LogP contribution >= 0.6 is 11.8 Å². The fraction of sp³-hybridized carbons (Fsp3) is 0.400. The first-order valence-electron chi connectivity index (χ1n) is 8.77. The molecule has 0 unspecified atom stereocenters. The lowest BCUT2D eigenvalue weighted by molar-refractivity contribution is -0.0910. The first kappa shape index (κ1) is 20.1. The van der Waals surface area contributed by atoms with Crippen molar-refractivity contribution in [3.63, 3.8) is 0 Å². The van der Waals surface area contributed by atoms with Crippen LogP contribution in [0, 0.1) is 0 Å². The minimum absolute atomic E-state index is 0.00300. The predicted molar refractivity (Wildman–Crippen MR) is 103 cm³/mol. The van der Waals surface area contributed by atoms with Crippen molar-refractivity contribution < 1.29 is 30.3 Å². The summed E-state index contributed by atoms with van der Waals surface area (Å²) in [7, 11) is 0. The van der Waals surface area contributed by atoms with Gasteiger partial charge < -0.3 is 30.3 Å². The van der Waals surface area contributed by atoms with Crippen LogP contribution < -0.4 is 4.74 Å². The fourth-order valence-electron chi connectivity index (χ4n) is 3.04. The van der Waals surface area contributed by atoms with E-state index in [9.17, 15) is 20.4 Å². The maximum Gasteiger partial charge on any atom is 0.173 e. The molecular formula is C20H24O6S. The molecule has 6 nitrogen and oxygen atoms in total. The summed E-state index contributed by atoms with van der Waals surface area (Å²) in [5, 5.41) is 48.1. The van der Waals surface area contributed by atoms with E-state index < -0.39 is 29.0 Å². The summed E-state index contributed by atoms with van der Waals surface area (Å²) in [6.45, 7) is -0.328. The monoisotopic (exact) mass is 392 g/mol. The molecule has 2 aromatic rings. The molecule has 27 heavy (non-hydrogen) atoms. The highest BCUT2D eigenvalue weighted by molar-refractivity contribution is 8.00. The Kier molecular flexibility index (Phi) is 6.75. The number of thioether (sulfide) groups is 1. The number of benzene rings is 2. The average Bonchev–Trinajstić information content (AvgIpc) is 2.70. The lowest BCUT2D eigenvalue weighted by Crippen LogP contribution is -2.55. The molecule has 146 valence electrons. The van der Waals surface area contributed by atoms with Crippen molar-refractivity contribution in [2.75, 3.05) is 6.61 Å². The topological polar surface area (TPSA) is 110 Å². The zero-order valence-corrected chi connectivity index (χ0v) is 15.5. The molecule has 1 heterocycles. The number of ether oxygens (including phenoxy) is 1. The Morgan fingerprint density at radius 3 is 2.15 bits per heavy atom. The van der Waals surface area contributed by atoms with E-state index in [1.807, 2.05) is 42.5 Å². The summed E-state index contributed by atoms with van der Waals surface area (Å²) in [6.07, 6.45) is -3.27. The number of rotatable bonds is 6. The molecule has 0 aliphatic carbocycles. The number of para-hydroxylation sites is 1. The summed E-state index contributed by atoms with van der Waals surface area (Å²) in [5.74, 6) is 0.570. The third kappa shape index (κ3) is 4.63. The molecule has 0 amide bonds. The van der Waals surface area contributed by atoms with Crippen molar-refractivity contribution in [1.82, 2.24) is 0 Å². The van der Waals surface area contributed by atoms with Crippen molar-refractivity contribution in [2.24, 2.45) is 0 Å². The molecule has 1 aliphatic heterocycles. The van der Waals surface area contributed by atoms with Crippen LogP contribution in [0.2, 0.25) is 0 Å². The third-order valence-corrected chi connectivity index (χ3v) is 6.09. The lowest BCUT2D eigenvalue weighted by Gasteiger charge is -2.39. The minimum Gasteiger partial charge on any atom is -0.477 e. The maximum atomic E-state index is 10.3. The smallest absolute Gasteiger partial charge is 0.173 e. The highest BCUT2D eigenvalue weighted by atomic mass is 32.2. The van der Waals surface area contributed by atoms with E-state index in [1.54, 1.807) is 6.07 Å². The SMILES string of the molecule is OCc1ccc(Cc2ccccc2O[C@@H]2S[C@H](CO)[C@@H](O)[C@H](O)[C@H]2O)cc1. The zero-order valence-electron chi connectivity index (χ0n) is 14.7. The van der Waals surface area contributed by atoms with Crippen LogP contribution in [0.4, 0.5) is 0 Å². The summed E-state index contributed by atoms with van der Waals surface area (Å²) in [5.41, 5.74) is 1.98. The summed E-state index contributed by atoms with van der Waals surface area (Å²) < 4.78 is 5.96. The van der Waals surface area contributed by atoms with Gasteiger partial charge in [-0.3, -0.25) is 0 Å². The molecule has 0 saturated carbocycles. The quantitative estimate of drug-likeness (QED) is 0.491. The van der Waals surface area contributed by atoms with E-state index in [1.165, 1.54) is 0 Å². The predicted octanol–water partition coefficient (Wildman–Crippen LogP) is 0.665. The summed E-state index contributed by atoms with van der Waals surface area (Å²) in [6, 6.07) is 15.0. The Hall–Kier alpha value is -1.61. The summed E-state index contributed by atoms with van der Waals surface area (Å²) >= 11 is 1.11. The van der Waals surface area contributed by atoms with Gasteiger partial charge in [0.15, 0.2) is 5.44 Å². The Balaban J connectivity index is 1.77. The second kappa shape index (κ2) is 9.05. The van der Waals surface area contributed by atoms with Crippen molar-refractivity contribution in [3.8, 4) is 5.75 Å². The highest BCUT2D eigenvalue weighted by Gasteiger charge is 2.44. The maximum absolute atomic E-state index is 10.3. The number of aliphatic hydroxyl groups excluding tert-OH is 5. The Labute approximate surface area is 162 Å². The molecule has 7 heteroatoms. The molecule has 0 spiro atoms. The first-order chi connectivity index (χ1) is 13.0. The van der Waals surface area contributed by atoms with Gasteiger partial charge in [-0.05, 0) is 22.8 Å². The van der Waals surface area contributed by atoms with Gasteiger partial charge in [-0.25, -0.2) is 0 Å². The normalized spacial score (nSPS) is 28.1. The van der Waals surface area contributed by atoms with E-state index in [-0.39, 0.29) is 13.2 Å². The first-order valence-corrected chi connectivity index (χ1v) is 9.71. The number of hydrogen-bond acceptors (Lipinski definition) is 7. The molecule has 3 rings (SSSR count). The van der Waals surface area contributed by atoms with Crippen LogP contribution in [0.3, 0.4) is 0 Å². The second-order valence-corrected chi connectivity index (χ2v) is 7.92. The van der Waals surface area contributed by atoms with E-state index in [0.717, 1.165) is 28.5 Å². The van der Waals surface area contributed by atoms with Crippen LogP contribution in [0.1, 0.15) is 16.7 Å². The van der Waals surface area contributed by atoms with Crippen molar-refractivity contribution >= 4 is 11.8 Å². The fourth-order valence-corrected chi connectivity index (χ4v) is 4.27. The van der Waals surface area contributed by atoms with Gasteiger partial charge in [0.25, 0.3) is 0 Å². The van der Waals surface area contributed by atoms with Crippen molar-refractivity contribution in [3.05, 3.63) is 65.2 Å². The van der Waals surface area contributed by atoms with E-state index in [4.69, 9.17) is 9.84 Å². The lowest BCUT2D eigenvalue weighted by atomic mass is 10.0. The van der Waals surface area contributed by atoms with Gasteiger partial charge in [-0.1, -0.05) is 42.5 Å². The molecule has 5 atom stereocenters. The Morgan fingerprint density at radius 2 is 1.48 bits per heavy atom. The molecule has 0 bridgehead atoms. The van der Waals surface area contributed by atoms with Gasteiger partial charge in [-0.2, -0.15) is 0 Å². The number of aliphatic hydroxyl groups is 5. The van der Waals surface area contributed by atoms with Gasteiger partial charge in [-0.15, -0.1) is 11.8 Å². The molecular weight excluding hydrogens is 368 g/mol. The van der Waals surface area contributed by atoms with Crippen molar-refractivity contribution in [1.29, 1.82) is 0 Å². The van der Waals surface area contributed by atoms with E-state index in [2.05, 4.69) is 0 Å². The van der Waals surface area contributed by atoms with Crippen LogP contribution in [-0.4, -0.2) is 61.1 Å². The molecule has 0 radical (unpaired) electrons. The van der Waals surface area contributed by atoms with Crippen molar-refractivity contribution in [2.45, 2.75) is 42.0 Å². The molecule has 2 aromatic carbocycles. The second-order valence-electron chi connectivity index (χ2n) is 6.57. The van der Waals surface area contributed by atoms with Gasteiger partial charge >= 0.3 is 0 Å². The Bertz CT molecular complexity index is 736. The van der Waals surface area contributed by atoms with Crippen LogP contribution in [-0.2, 0) is 13.0 Å².